The molecule has 1 aliphatic carbocycles. The third-order valence-corrected chi connectivity index (χ3v) is 13.7. The van der Waals surface area contributed by atoms with E-state index in [1.165, 1.54) is 135 Å². The summed E-state index contributed by atoms with van der Waals surface area (Å²) in [6.45, 7) is 14.9. The lowest BCUT2D eigenvalue weighted by atomic mass is 9.78. The van der Waals surface area contributed by atoms with E-state index in [4.69, 9.17) is 9.47 Å². The van der Waals surface area contributed by atoms with Crippen LogP contribution in [0.15, 0.2) is 0 Å². The Kier molecular flexibility index (Phi) is 39.2. The van der Waals surface area contributed by atoms with E-state index < -0.39 is 0 Å². The molecular formula is C54H103NO5. The molecule has 0 saturated heterocycles. The first-order valence-corrected chi connectivity index (χ1v) is 26.9. The maximum Gasteiger partial charge on any atom is 0.308 e. The number of carbonyl (C=O) groups is 3. The van der Waals surface area contributed by atoms with Gasteiger partial charge in [0.15, 0.2) is 0 Å². The van der Waals surface area contributed by atoms with Gasteiger partial charge < -0.3 is 14.4 Å². The summed E-state index contributed by atoms with van der Waals surface area (Å²) in [4.78, 5) is 41.8. The molecule has 1 saturated carbocycles. The molecule has 1 fully saturated rings. The summed E-state index contributed by atoms with van der Waals surface area (Å²) < 4.78 is 11.8. The number of ketones is 1. The molecule has 354 valence electrons. The van der Waals surface area contributed by atoms with Gasteiger partial charge in [-0.2, -0.15) is 0 Å². The van der Waals surface area contributed by atoms with Gasteiger partial charge >= 0.3 is 11.9 Å². The predicted octanol–water partition coefficient (Wildman–Crippen LogP) is 16.0. The minimum absolute atomic E-state index is 0.0490. The molecule has 0 aromatic carbocycles. The molecule has 0 aliphatic heterocycles. The molecule has 0 heterocycles. The highest BCUT2D eigenvalue weighted by atomic mass is 16.5. The number of hydrogen-bond donors (Lipinski definition) is 0. The SMILES string of the molecule is CCCCCCCCC(CCCCCC)C(=O)OCCCCCCN(CCCCCCOC(=O)C(CCCCCC)CCCCCCCC)CC(C(C)=O)C1CCCCC1. The second kappa shape index (κ2) is 41.6. The molecule has 3 atom stereocenters. The molecule has 0 aromatic rings. The molecule has 3 unspecified atom stereocenters. The summed E-state index contributed by atoms with van der Waals surface area (Å²) in [5.74, 6) is 1.31. The van der Waals surface area contributed by atoms with Crippen molar-refractivity contribution in [1.29, 1.82) is 0 Å². The minimum atomic E-state index is 0.0490. The molecule has 60 heavy (non-hydrogen) atoms. The van der Waals surface area contributed by atoms with Gasteiger partial charge in [0.25, 0.3) is 0 Å². The van der Waals surface area contributed by atoms with Gasteiger partial charge in [0.1, 0.15) is 5.78 Å². The van der Waals surface area contributed by atoms with E-state index in [0.717, 1.165) is 122 Å². The maximum absolute atomic E-state index is 13.1. The van der Waals surface area contributed by atoms with Crippen LogP contribution in [-0.4, -0.2) is 55.5 Å². The van der Waals surface area contributed by atoms with Gasteiger partial charge in [-0.3, -0.25) is 14.4 Å². The van der Waals surface area contributed by atoms with Crippen LogP contribution in [0.2, 0.25) is 0 Å². The van der Waals surface area contributed by atoms with E-state index in [1.807, 2.05) is 6.92 Å². The summed E-state index contributed by atoms with van der Waals surface area (Å²) >= 11 is 0. The topological polar surface area (TPSA) is 72.9 Å². The third-order valence-electron chi connectivity index (χ3n) is 13.7. The van der Waals surface area contributed by atoms with Crippen LogP contribution in [0.5, 0.6) is 0 Å². The lowest BCUT2D eigenvalue weighted by molar-refractivity contribution is -0.150. The standard InChI is InChI=1S/C54H103NO5/c1-6-10-14-18-20-29-41-50(39-27-16-12-8-3)53(57)59-45-35-24-22-33-43-55(47-52(48(5)56)49-37-31-26-32-38-49)44-34-23-25-36-46-60-54(58)51(40-28-17-13-9-4)42-30-21-19-15-11-7-2/h49-52H,6-47H2,1-5H3. The Morgan fingerprint density at radius 3 is 1.17 bits per heavy atom. The Bertz CT molecular complexity index is 921. The predicted molar refractivity (Wildman–Crippen MR) is 257 cm³/mol. The lowest BCUT2D eigenvalue weighted by Crippen LogP contribution is -2.38. The number of carbonyl (C=O) groups excluding carboxylic acids is 3. The van der Waals surface area contributed by atoms with Crippen molar-refractivity contribution in [2.24, 2.45) is 23.7 Å². The Balaban J connectivity index is 2.54. The van der Waals surface area contributed by atoms with Gasteiger partial charge in [0, 0.05) is 12.5 Å². The van der Waals surface area contributed by atoms with Crippen LogP contribution in [0.3, 0.4) is 0 Å². The Morgan fingerprint density at radius 2 is 0.783 bits per heavy atom. The van der Waals surface area contributed by atoms with Crippen molar-refractivity contribution in [3.05, 3.63) is 0 Å². The van der Waals surface area contributed by atoms with Gasteiger partial charge in [-0.1, -0.05) is 201 Å². The van der Waals surface area contributed by atoms with Gasteiger partial charge in [-0.15, -0.1) is 0 Å². The second-order valence-electron chi connectivity index (χ2n) is 19.3. The van der Waals surface area contributed by atoms with Crippen molar-refractivity contribution in [1.82, 2.24) is 4.90 Å². The van der Waals surface area contributed by atoms with E-state index in [1.54, 1.807) is 0 Å². The Labute approximate surface area is 374 Å². The highest BCUT2D eigenvalue weighted by Gasteiger charge is 2.29. The lowest BCUT2D eigenvalue weighted by Gasteiger charge is -2.33. The molecule has 0 spiro atoms. The van der Waals surface area contributed by atoms with Crippen molar-refractivity contribution in [3.63, 3.8) is 0 Å². The van der Waals surface area contributed by atoms with Gasteiger partial charge in [0.05, 0.1) is 25.0 Å². The van der Waals surface area contributed by atoms with Gasteiger partial charge in [-0.05, 0) is 90.1 Å². The van der Waals surface area contributed by atoms with Crippen LogP contribution in [0.25, 0.3) is 0 Å². The van der Waals surface area contributed by atoms with Crippen LogP contribution in [0.1, 0.15) is 272 Å². The number of nitrogens with zero attached hydrogens (tertiary/aromatic N) is 1. The largest absolute Gasteiger partial charge is 0.465 e. The van der Waals surface area contributed by atoms with E-state index in [0.29, 0.717) is 24.9 Å². The van der Waals surface area contributed by atoms with Crippen molar-refractivity contribution < 1.29 is 23.9 Å². The molecule has 0 radical (unpaired) electrons. The van der Waals surface area contributed by atoms with Gasteiger partial charge in [-0.25, -0.2) is 0 Å². The first-order valence-electron chi connectivity index (χ1n) is 26.9. The Morgan fingerprint density at radius 1 is 0.450 bits per heavy atom. The zero-order chi connectivity index (χ0) is 43.7. The molecule has 0 amide bonds. The monoisotopic (exact) mass is 846 g/mol. The van der Waals surface area contributed by atoms with E-state index in [9.17, 15) is 14.4 Å². The molecule has 1 aliphatic rings. The first-order chi connectivity index (χ1) is 29.4. The number of unbranched alkanes of at least 4 members (excludes halogenated alkanes) is 22. The van der Waals surface area contributed by atoms with E-state index in [2.05, 4.69) is 32.6 Å². The molecule has 1 rings (SSSR count). The third kappa shape index (κ3) is 31.4. The van der Waals surface area contributed by atoms with Crippen LogP contribution in [0.4, 0.5) is 0 Å². The minimum Gasteiger partial charge on any atom is -0.465 e. The summed E-state index contributed by atoms with van der Waals surface area (Å²) in [6, 6.07) is 0. The zero-order valence-electron chi connectivity index (χ0n) is 41.0. The number of Topliss-reactive ketones (excluding diaryl/α,β-unsaturated/α-hetero) is 1. The fourth-order valence-corrected chi connectivity index (χ4v) is 9.62. The second-order valence-corrected chi connectivity index (χ2v) is 19.3. The van der Waals surface area contributed by atoms with Crippen molar-refractivity contribution in [3.8, 4) is 0 Å². The van der Waals surface area contributed by atoms with Crippen LogP contribution in [0, 0.1) is 23.7 Å². The quantitative estimate of drug-likeness (QED) is 0.0449. The molecule has 0 bridgehead atoms. The average Bonchev–Trinajstić information content (AvgIpc) is 3.25. The molecule has 0 N–H and O–H groups in total. The van der Waals surface area contributed by atoms with Gasteiger partial charge in [0.2, 0.25) is 0 Å². The summed E-state index contributed by atoms with van der Waals surface area (Å²) in [5.41, 5.74) is 0. The average molecular weight is 846 g/mol. The summed E-state index contributed by atoms with van der Waals surface area (Å²) in [6.07, 6.45) is 43.5. The number of ether oxygens (including phenoxy) is 2. The number of rotatable bonds is 44. The van der Waals surface area contributed by atoms with Crippen molar-refractivity contribution in [2.75, 3.05) is 32.8 Å². The van der Waals surface area contributed by atoms with E-state index in [-0.39, 0.29) is 29.7 Å². The molecule has 6 heteroatoms. The zero-order valence-corrected chi connectivity index (χ0v) is 41.0. The molecular weight excluding hydrogens is 743 g/mol. The molecule has 6 nitrogen and oxygen atoms in total. The highest BCUT2D eigenvalue weighted by molar-refractivity contribution is 5.78. The fraction of sp³-hybridized carbons (Fsp3) is 0.944. The highest BCUT2D eigenvalue weighted by Crippen LogP contribution is 2.31. The maximum atomic E-state index is 13.1. The number of esters is 2. The normalized spacial score (nSPS) is 15.0. The Hall–Kier alpha value is -1.43. The smallest absolute Gasteiger partial charge is 0.308 e. The van der Waals surface area contributed by atoms with E-state index >= 15 is 0 Å². The fourth-order valence-electron chi connectivity index (χ4n) is 9.62. The molecule has 0 aromatic heterocycles. The van der Waals surface area contributed by atoms with Crippen LogP contribution < -0.4 is 0 Å². The van der Waals surface area contributed by atoms with Crippen molar-refractivity contribution >= 4 is 17.7 Å². The summed E-state index contributed by atoms with van der Waals surface area (Å²) in [5, 5.41) is 0. The van der Waals surface area contributed by atoms with Crippen molar-refractivity contribution in [2.45, 2.75) is 272 Å². The number of hydrogen-bond acceptors (Lipinski definition) is 6. The first kappa shape index (κ1) is 56.6. The van der Waals surface area contributed by atoms with Crippen LogP contribution >= 0.6 is 0 Å². The summed E-state index contributed by atoms with van der Waals surface area (Å²) in [7, 11) is 0. The van der Waals surface area contributed by atoms with Crippen LogP contribution in [-0.2, 0) is 23.9 Å².